The Kier molecular flexibility index (Phi) is 10.7. The number of aryl methyl sites for hydroxylation is 3. The lowest BCUT2D eigenvalue weighted by atomic mass is 10.0. The number of nitrogens with zero attached hydrogens (tertiary/aromatic N) is 10. The fraction of sp³-hybridized carbons (Fsp3) is 0.319. The van der Waals surface area contributed by atoms with Gasteiger partial charge in [-0.3, -0.25) is 19.0 Å². The third-order valence-corrected chi connectivity index (χ3v) is 12.1. The second-order valence-electron chi connectivity index (χ2n) is 17.4. The molecular formula is C47H48F2N14O3. The minimum Gasteiger partial charge on any atom is -0.480 e. The maximum Gasteiger partial charge on any atom is 0.257 e. The second-order valence-corrected chi connectivity index (χ2v) is 17.4. The molecule has 2 saturated heterocycles. The highest BCUT2D eigenvalue weighted by Crippen LogP contribution is 2.35. The molecule has 4 unspecified atom stereocenters. The zero-order valence-corrected chi connectivity index (χ0v) is 37.4. The Morgan fingerprint density at radius 3 is 1.97 bits per heavy atom. The number of nitrogens with one attached hydrogen (secondary N) is 4. The van der Waals surface area contributed by atoms with E-state index in [0.29, 0.717) is 57.9 Å². The number of fused-ring (bicyclic) bond motifs is 4. The first-order valence-corrected chi connectivity index (χ1v) is 21.8. The summed E-state index contributed by atoms with van der Waals surface area (Å²) in [5.41, 5.74) is 7.34. The lowest BCUT2D eigenvalue weighted by Crippen LogP contribution is -2.54. The minimum atomic E-state index is -0.611. The molecule has 0 bridgehead atoms. The van der Waals surface area contributed by atoms with E-state index in [4.69, 9.17) is 14.7 Å². The second kappa shape index (κ2) is 16.6. The number of amides is 2. The Labute approximate surface area is 377 Å². The largest absolute Gasteiger partial charge is 0.480 e. The van der Waals surface area contributed by atoms with E-state index in [0.717, 1.165) is 24.5 Å². The van der Waals surface area contributed by atoms with Crippen LogP contribution in [0.2, 0.25) is 0 Å². The van der Waals surface area contributed by atoms with Gasteiger partial charge in [-0.15, -0.1) is 0 Å². The smallest absolute Gasteiger partial charge is 0.257 e. The molecule has 6 aromatic heterocycles. The first-order valence-electron chi connectivity index (χ1n) is 21.8. The van der Waals surface area contributed by atoms with Gasteiger partial charge in [-0.05, 0) is 65.8 Å². The molecule has 8 aromatic rings. The third kappa shape index (κ3) is 7.72. The van der Waals surface area contributed by atoms with Crippen molar-refractivity contribution in [3.63, 3.8) is 0 Å². The van der Waals surface area contributed by atoms with Crippen LogP contribution in [-0.4, -0.2) is 102 Å². The van der Waals surface area contributed by atoms with Crippen LogP contribution in [0.5, 0.6) is 5.88 Å². The quantitative estimate of drug-likeness (QED) is 0.133. The molecule has 4 atom stereocenters. The van der Waals surface area contributed by atoms with Crippen molar-refractivity contribution in [2.24, 2.45) is 0 Å². The van der Waals surface area contributed by atoms with Gasteiger partial charge < -0.3 is 40.2 Å². The van der Waals surface area contributed by atoms with Crippen LogP contribution in [0.1, 0.15) is 70.3 Å². The number of carbonyl (C=O) groups excluding carboxylic acids is 2. The summed E-state index contributed by atoms with van der Waals surface area (Å²) in [6.07, 6.45) is 8.11. The molecule has 0 radical (unpaired) electrons. The van der Waals surface area contributed by atoms with Gasteiger partial charge in [0.05, 0.1) is 76.0 Å². The summed E-state index contributed by atoms with van der Waals surface area (Å²) >= 11 is 0. The van der Waals surface area contributed by atoms with Crippen LogP contribution in [0, 0.1) is 32.4 Å². The number of halogens is 2. The highest BCUT2D eigenvalue weighted by molar-refractivity contribution is 6.14. The number of hydrogen-bond acceptors (Lipinski definition) is 13. The molecular weight excluding hydrogens is 847 g/mol. The van der Waals surface area contributed by atoms with E-state index in [1.807, 2.05) is 26.0 Å². The molecule has 0 saturated carbocycles. The van der Waals surface area contributed by atoms with Crippen molar-refractivity contribution >= 4 is 67.9 Å². The molecule has 2 fully saturated rings. The number of rotatable bonds is 8. The summed E-state index contributed by atoms with van der Waals surface area (Å²) in [7, 11) is 1.49. The molecule has 66 heavy (non-hydrogen) atoms. The summed E-state index contributed by atoms with van der Waals surface area (Å²) < 4.78 is 39.7. The first kappa shape index (κ1) is 42.6. The van der Waals surface area contributed by atoms with Crippen molar-refractivity contribution in [1.82, 2.24) is 49.3 Å². The number of ether oxygens (including phenoxy) is 1. The number of aromatic nitrogens is 8. The topological polar surface area (TPSA) is 184 Å². The standard InChI is InChI=1S/C47H48F2N14O3/c1-23-14-50-39-31(46(64)57-29-12-33(48)44-55-27(5)19-62(44)20-29)8-11-37(42(39)54-23)61-18-26(4)53-35(22-61)43-28(6)56-45-34(49)13-30(21-63(43)45)58-47(65)32-9-10-36(60-16-24(2)52-25(3)17-60)41-40(32)59-38(66-7)15-51-41/h8-15,19-21,24-26,35,52-53H,16-18,22H2,1-7H3,(H,57,64)(H,58,65). The van der Waals surface area contributed by atoms with Crippen molar-refractivity contribution in [2.75, 3.05) is 53.7 Å². The van der Waals surface area contributed by atoms with Crippen LogP contribution in [0.15, 0.2) is 67.4 Å². The predicted molar refractivity (Wildman–Crippen MR) is 248 cm³/mol. The van der Waals surface area contributed by atoms with Crippen LogP contribution in [0.3, 0.4) is 0 Å². The van der Waals surface area contributed by atoms with Gasteiger partial charge in [0.2, 0.25) is 5.88 Å². The molecule has 2 amide bonds. The van der Waals surface area contributed by atoms with Crippen LogP contribution in [-0.2, 0) is 0 Å². The minimum absolute atomic E-state index is 0.0594. The SMILES string of the molecule is COc1cnc2c(N3CC(C)NC(C)C3)ccc(C(=O)Nc3cc(F)c4nc(C)c(C5CN(c6ccc(C(=O)Nc7cc(F)c8nc(C)cn8c7)c7ncc(C)nc67)CC(C)N5)n4c3)c2n1. The van der Waals surface area contributed by atoms with Crippen LogP contribution >= 0.6 is 0 Å². The lowest BCUT2D eigenvalue weighted by Gasteiger charge is -2.39. The van der Waals surface area contributed by atoms with Gasteiger partial charge in [0, 0.05) is 81.2 Å². The Hall–Kier alpha value is -7.38. The van der Waals surface area contributed by atoms with Crippen LogP contribution in [0.4, 0.5) is 31.5 Å². The van der Waals surface area contributed by atoms with Gasteiger partial charge in [0.15, 0.2) is 22.9 Å². The maximum absolute atomic E-state index is 16.1. The average molecular weight is 895 g/mol. The van der Waals surface area contributed by atoms with Gasteiger partial charge in [0.25, 0.3) is 11.8 Å². The zero-order valence-electron chi connectivity index (χ0n) is 37.4. The van der Waals surface area contributed by atoms with Crippen molar-refractivity contribution in [1.29, 1.82) is 0 Å². The molecule has 8 heterocycles. The number of imidazole rings is 2. The number of benzene rings is 2. The van der Waals surface area contributed by atoms with Crippen molar-refractivity contribution < 1.29 is 23.1 Å². The Bertz CT molecular complexity index is 3250. The van der Waals surface area contributed by atoms with Crippen LogP contribution < -0.4 is 35.8 Å². The summed E-state index contributed by atoms with van der Waals surface area (Å²) in [6.45, 7) is 14.2. The zero-order chi connectivity index (χ0) is 46.1. The molecule has 0 spiro atoms. The van der Waals surface area contributed by atoms with E-state index >= 15 is 4.39 Å². The summed E-state index contributed by atoms with van der Waals surface area (Å²) in [4.78, 5) is 60.2. The molecule has 19 heteroatoms. The van der Waals surface area contributed by atoms with Gasteiger partial charge >= 0.3 is 0 Å². The summed E-state index contributed by atoms with van der Waals surface area (Å²) in [6, 6.07) is 9.72. The molecule has 4 N–H and O–H groups in total. The first-order chi connectivity index (χ1) is 31.7. The lowest BCUT2D eigenvalue weighted by molar-refractivity contribution is 0.102. The van der Waals surface area contributed by atoms with Crippen molar-refractivity contribution in [3.05, 3.63) is 113 Å². The number of piperazine rings is 2. The van der Waals surface area contributed by atoms with Crippen LogP contribution in [0.25, 0.3) is 33.4 Å². The van der Waals surface area contributed by atoms with E-state index in [-0.39, 0.29) is 63.8 Å². The van der Waals surface area contributed by atoms with Crippen molar-refractivity contribution in [3.8, 4) is 5.88 Å². The van der Waals surface area contributed by atoms with E-state index in [1.54, 1.807) is 48.2 Å². The highest BCUT2D eigenvalue weighted by Gasteiger charge is 2.32. The van der Waals surface area contributed by atoms with E-state index < -0.39 is 23.4 Å². The normalized spacial score (nSPS) is 19.0. The average Bonchev–Trinajstić information content (AvgIpc) is 3.83. The Balaban J connectivity index is 0.952. The predicted octanol–water partition coefficient (Wildman–Crippen LogP) is 6.31. The number of methoxy groups -OCH3 is 1. The summed E-state index contributed by atoms with van der Waals surface area (Å²) in [5.74, 6) is -1.89. The molecule has 17 nitrogen and oxygen atoms in total. The Morgan fingerprint density at radius 1 is 0.667 bits per heavy atom. The molecule has 2 aliphatic rings. The number of carbonyl (C=O) groups is 2. The third-order valence-electron chi connectivity index (χ3n) is 12.1. The van der Waals surface area contributed by atoms with E-state index in [2.05, 4.69) is 71.8 Å². The van der Waals surface area contributed by atoms with Gasteiger partial charge in [-0.2, -0.15) is 0 Å². The van der Waals surface area contributed by atoms with Crippen molar-refractivity contribution in [2.45, 2.75) is 65.7 Å². The summed E-state index contributed by atoms with van der Waals surface area (Å²) in [5, 5.41) is 13.0. The van der Waals surface area contributed by atoms with E-state index in [1.165, 1.54) is 29.8 Å². The van der Waals surface area contributed by atoms with Gasteiger partial charge in [-0.25, -0.2) is 33.7 Å². The number of pyridine rings is 2. The molecule has 2 aliphatic heterocycles. The highest BCUT2D eigenvalue weighted by atomic mass is 19.1. The fourth-order valence-corrected chi connectivity index (χ4v) is 9.54. The van der Waals surface area contributed by atoms with Gasteiger partial charge in [0.1, 0.15) is 22.1 Å². The molecule has 0 aliphatic carbocycles. The molecule has 2 aromatic carbocycles. The monoisotopic (exact) mass is 894 g/mol. The fourth-order valence-electron chi connectivity index (χ4n) is 9.54. The molecule has 10 rings (SSSR count). The van der Waals surface area contributed by atoms with Gasteiger partial charge in [-0.1, -0.05) is 0 Å². The number of hydrogen-bond donors (Lipinski definition) is 4. The Morgan fingerprint density at radius 2 is 1.27 bits per heavy atom. The molecule has 338 valence electrons. The number of anilines is 4. The van der Waals surface area contributed by atoms with E-state index in [9.17, 15) is 14.0 Å². The maximum atomic E-state index is 16.1.